The number of carbonyl (C=O) groups excluding carboxylic acids is 2. The molecule has 0 spiro atoms. The van der Waals surface area contributed by atoms with Crippen molar-refractivity contribution in [2.24, 2.45) is 11.7 Å². The zero-order valence-corrected chi connectivity index (χ0v) is 13.0. The summed E-state index contributed by atoms with van der Waals surface area (Å²) in [6.07, 6.45) is 5.27. The second-order valence-electron chi connectivity index (χ2n) is 5.41. The molecule has 0 saturated heterocycles. The monoisotopic (exact) mass is 315 g/mol. The van der Waals surface area contributed by atoms with E-state index in [2.05, 4.69) is 15.7 Å². The molecule has 0 radical (unpaired) electrons. The number of anilines is 1. The number of halogens is 1. The van der Waals surface area contributed by atoms with Crippen molar-refractivity contribution in [3.63, 3.8) is 0 Å². The molecule has 1 aromatic rings. The van der Waals surface area contributed by atoms with E-state index in [9.17, 15) is 9.59 Å². The Hall–Kier alpha value is -1.60. The van der Waals surface area contributed by atoms with Crippen LogP contribution in [-0.2, 0) is 16.1 Å². The number of amides is 2. The summed E-state index contributed by atoms with van der Waals surface area (Å²) < 4.78 is 1.50. The summed E-state index contributed by atoms with van der Waals surface area (Å²) in [7, 11) is 0. The van der Waals surface area contributed by atoms with Crippen molar-refractivity contribution in [3.8, 4) is 0 Å². The van der Waals surface area contributed by atoms with Crippen LogP contribution in [0, 0.1) is 5.92 Å². The van der Waals surface area contributed by atoms with E-state index in [0.29, 0.717) is 11.7 Å². The summed E-state index contributed by atoms with van der Waals surface area (Å²) in [5.41, 5.74) is 6.25. The molecule has 0 aromatic carbocycles. The number of nitrogens with two attached hydrogens (primary N) is 1. The molecular weight excluding hydrogens is 294 g/mol. The van der Waals surface area contributed by atoms with Crippen LogP contribution >= 0.6 is 12.4 Å². The molecule has 0 aliphatic heterocycles. The Morgan fingerprint density at radius 3 is 2.71 bits per heavy atom. The predicted molar refractivity (Wildman–Crippen MR) is 82.1 cm³/mol. The van der Waals surface area contributed by atoms with Crippen LogP contribution in [0.25, 0.3) is 0 Å². The highest BCUT2D eigenvalue weighted by Gasteiger charge is 2.23. The van der Waals surface area contributed by atoms with E-state index in [1.807, 2.05) is 0 Å². The summed E-state index contributed by atoms with van der Waals surface area (Å²) in [4.78, 5) is 23.4. The Morgan fingerprint density at radius 1 is 1.48 bits per heavy atom. The van der Waals surface area contributed by atoms with Crippen LogP contribution in [-0.4, -0.2) is 33.7 Å². The van der Waals surface area contributed by atoms with Crippen LogP contribution in [0.5, 0.6) is 0 Å². The number of rotatable bonds is 6. The third kappa shape index (κ3) is 5.35. The highest BCUT2D eigenvalue weighted by molar-refractivity contribution is 5.92. The second-order valence-corrected chi connectivity index (χ2v) is 5.41. The van der Waals surface area contributed by atoms with Gasteiger partial charge in [-0.15, -0.1) is 12.4 Å². The van der Waals surface area contributed by atoms with E-state index in [-0.39, 0.29) is 42.7 Å². The number of nitrogens with one attached hydrogen (secondary N) is 2. The van der Waals surface area contributed by atoms with Crippen molar-refractivity contribution < 1.29 is 9.59 Å². The number of nitrogens with zero attached hydrogens (tertiary/aromatic N) is 2. The lowest BCUT2D eigenvalue weighted by atomic mass is 10.0. The van der Waals surface area contributed by atoms with Crippen molar-refractivity contribution in [2.75, 3.05) is 5.32 Å². The minimum absolute atomic E-state index is 0. The maximum absolute atomic E-state index is 11.8. The van der Waals surface area contributed by atoms with Gasteiger partial charge in [-0.05, 0) is 19.8 Å². The first-order valence-electron chi connectivity index (χ1n) is 6.84. The molecule has 4 N–H and O–H groups in total. The lowest BCUT2D eigenvalue weighted by Crippen LogP contribution is -2.34. The van der Waals surface area contributed by atoms with Crippen molar-refractivity contribution in [2.45, 2.75) is 45.3 Å². The molecule has 2 atom stereocenters. The largest absolute Gasteiger partial charge is 0.352 e. The summed E-state index contributed by atoms with van der Waals surface area (Å²) in [6.45, 7) is 3.72. The molecule has 21 heavy (non-hydrogen) atoms. The Bertz CT molecular complexity index is 499. The third-order valence-electron chi connectivity index (χ3n) is 3.35. The van der Waals surface area contributed by atoms with Gasteiger partial charge < -0.3 is 16.4 Å². The summed E-state index contributed by atoms with van der Waals surface area (Å²) in [5.74, 6) is -0.490. The van der Waals surface area contributed by atoms with Gasteiger partial charge in [-0.1, -0.05) is 6.92 Å². The fraction of sp³-hybridized carbons (Fsp3) is 0.615. The minimum Gasteiger partial charge on any atom is -0.352 e. The van der Waals surface area contributed by atoms with Gasteiger partial charge in [0.05, 0.1) is 17.8 Å². The highest BCUT2D eigenvalue weighted by Crippen LogP contribution is 2.18. The molecule has 2 unspecified atom stereocenters. The van der Waals surface area contributed by atoms with Gasteiger partial charge in [0, 0.05) is 18.3 Å². The molecule has 1 heterocycles. The number of hydrogen-bond donors (Lipinski definition) is 3. The Morgan fingerprint density at radius 2 is 2.14 bits per heavy atom. The molecule has 1 fully saturated rings. The standard InChI is InChI=1S/C13H21N5O2.ClH/c1-8(9(2)14)13(20)17-11-5-15-18(6-11)7-12(19)16-10-3-4-10;/h5-6,8-10H,3-4,7,14H2,1-2H3,(H,16,19)(H,17,20);1H. The van der Waals surface area contributed by atoms with Crippen molar-refractivity contribution >= 4 is 29.9 Å². The molecule has 8 heteroatoms. The zero-order valence-electron chi connectivity index (χ0n) is 12.2. The van der Waals surface area contributed by atoms with Gasteiger partial charge in [-0.25, -0.2) is 0 Å². The molecule has 1 aromatic heterocycles. The maximum atomic E-state index is 11.8. The van der Waals surface area contributed by atoms with Gasteiger partial charge in [0.1, 0.15) is 6.54 Å². The molecular formula is C13H22ClN5O2. The minimum atomic E-state index is -0.281. The average molecular weight is 316 g/mol. The Balaban J connectivity index is 0.00000220. The summed E-state index contributed by atoms with van der Waals surface area (Å²) >= 11 is 0. The van der Waals surface area contributed by atoms with Crippen molar-refractivity contribution in [1.29, 1.82) is 0 Å². The van der Waals surface area contributed by atoms with Crippen molar-refractivity contribution in [1.82, 2.24) is 15.1 Å². The van der Waals surface area contributed by atoms with Crippen LogP contribution < -0.4 is 16.4 Å². The lowest BCUT2D eigenvalue weighted by molar-refractivity contribution is -0.122. The van der Waals surface area contributed by atoms with E-state index in [1.165, 1.54) is 10.9 Å². The van der Waals surface area contributed by atoms with Gasteiger partial charge in [0.15, 0.2) is 0 Å². The quantitative estimate of drug-likeness (QED) is 0.711. The Labute approximate surface area is 130 Å². The van der Waals surface area contributed by atoms with Gasteiger partial charge in [-0.3, -0.25) is 14.3 Å². The molecule has 118 valence electrons. The van der Waals surface area contributed by atoms with Crippen LogP contribution in [0.2, 0.25) is 0 Å². The van der Waals surface area contributed by atoms with Crippen LogP contribution in [0.15, 0.2) is 12.4 Å². The molecule has 1 aliphatic rings. The maximum Gasteiger partial charge on any atom is 0.241 e. The molecule has 0 bridgehead atoms. The number of hydrogen-bond acceptors (Lipinski definition) is 4. The van der Waals surface area contributed by atoms with Gasteiger partial charge in [0.2, 0.25) is 11.8 Å². The van der Waals surface area contributed by atoms with E-state index in [0.717, 1.165) is 12.8 Å². The van der Waals surface area contributed by atoms with Gasteiger partial charge in [0.25, 0.3) is 0 Å². The topological polar surface area (TPSA) is 102 Å². The zero-order chi connectivity index (χ0) is 14.7. The summed E-state index contributed by atoms with van der Waals surface area (Å²) in [5, 5.41) is 9.67. The van der Waals surface area contributed by atoms with Crippen molar-refractivity contribution in [3.05, 3.63) is 12.4 Å². The van der Waals surface area contributed by atoms with Gasteiger partial charge in [-0.2, -0.15) is 5.10 Å². The first-order valence-corrected chi connectivity index (χ1v) is 6.84. The number of carbonyl (C=O) groups is 2. The first kappa shape index (κ1) is 17.5. The molecule has 2 amide bonds. The molecule has 1 aliphatic carbocycles. The fourth-order valence-corrected chi connectivity index (χ4v) is 1.66. The average Bonchev–Trinajstić information content (AvgIpc) is 3.08. The highest BCUT2D eigenvalue weighted by atomic mass is 35.5. The van der Waals surface area contributed by atoms with E-state index in [4.69, 9.17) is 5.73 Å². The second kappa shape index (κ2) is 7.42. The smallest absolute Gasteiger partial charge is 0.241 e. The normalized spacial score (nSPS) is 16.5. The third-order valence-corrected chi connectivity index (χ3v) is 3.35. The molecule has 7 nitrogen and oxygen atoms in total. The SMILES string of the molecule is CC(N)C(C)C(=O)Nc1cnn(CC(=O)NC2CC2)c1.Cl. The van der Waals surface area contributed by atoms with Crippen LogP contribution in [0.1, 0.15) is 26.7 Å². The fourth-order valence-electron chi connectivity index (χ4n) is 1.66. The first-order chi connectivity index (χ1) is 9.45. The van der Waals surface area contributed by atoms with E-state index >= 15 is 0 Å². The number of aromatic nitrogens is 2. The van der Waals surface area contributed by atoms with E-state index < -0.39 is 0 Å². The summed E-state index contributed by atoms with van der Waals surface area (Å²) in [6, 6.07) is 0.124. The Kier molecular flexibility index (Phi) is 6.17. The molecule has 1 saturated carbocycles. The molecule has 2 rings (SSSR count). The predicted octanol–water partition coefficient (Wildman–Crippen LogP) is 0.505. The van der Waals surface area contributed by atoms with Gasteiger partial charge >= 0.3 is 0 Å². The van der Waals surface area contributed by atoms with Crippen LogP contribution in [0.3, 0.4) is 0 Å². The van der Waals surface area contributed by atoms with Crippen LogP contribution in [0.4, 0.5) is 5.69 Å². The van der Waals surface area contributed by atoms with E-state index in [1.54, 1.807) is 20.0 Å². The lowest BCUT2D eigenvalue weighted by Gasteiger charge is -2.14.